The zero-order valence-electron chi connectivity index (χ0n) is 12.0. The molecule has 2 N–H and O–H groups in total. The average molecular weight is 292 g/mol. The lowest BCUT2D eigenvalue weighted by molar-refractivity contribution is 0.0561. The molecule has 0 amide bonds. The summed E-state index contributed by atoms with van der Waals surface area (Å²) in [5.41, 5.74) is 1.63. The molecule has 0 aliphatic heterocycles. The van der Waals surface area contributed by atoms with Crippen molar-refractivity contribution in [3.05, 3.63) is 35.1 Å². The molecule has 0 unspecified atom stereocenters. The molecule has 0 saturated carbocycles. The Kier molecular flexibility index (Phi) is 4.18. The summed E-state index contributed by atoms with van der Waals surface area (Å²) in [7, 11) is 2.70. The van der Waals surface area contributed by atoms with Crippen LogP contribution in [0.3, 0.4) is 0 Å². The summed E-state index contributed by atoms with van der Waals surface area (Å²) in [5, 5.41) is 18.9. The molecule has 0 radical (unpaired) electrons. The lowest BCUT2D eigenvalue weighted by Gasteiger charge is -2.10. The van der Waals surface area contributed by atoms with E-state index >= 15 is 0 Å². The summed E-state index contributed by atoms with van der Waals surface area (Å²) in [5.74, 6) is 0.108. The highest BCUT2D eigenvalue weighted by Crippen LogP contribution is 2.38. The average Bonchev–Trinajstić information content (AvgIpc) is 2.89. The van der Waals surface area contributed by atoms with Gasteiger partial charge in [-0.15, -0.1) is 0 Å². The minimum Gasteiger partial charge on any atom is -0.508 e. The molecular weight excluding hydrogens is 276 g/mol. The van der Waals surface area contributed by atoms with Crippen LogP contribution in [-0.4, -0.2) is 30.4 Å². The normalized spacial score (nSPS) is 10.5. The first kappa shape index (κ1) is 14.9. The number of hydrogen-bond acceptors (Lipinski definition) is 6. The minimum absolute atomic E-state index is 0.0514. The number of phenolic OH excluding ortho intramolecular Hbond substituents is 1. The summed E-state index contributed by atoms with van der Waals surface area (Å²) in [6.45, 7) is 1.42. The van der Waals surface area contributed by atoms with Crippen molar-refractivity contribution in [2.24, 2.45) is 0 Å². The van der Waals surface area contributed by atoms with E-state index in [0.717, 1.165) is 0 Å². The van der Waals surface area contributed by atoms with Crippen LogP contribution in [0, 0.1) is 6.92 Å². The fourth-order valence-corrected chi connectivity index (χ4v) is 2.15. The monoisotopic (exact) mass is 292 g/mol. The topological polar surface area (TPSA) is 89.1 Å². The van der Waals surface area contributed by atoms with Crippen molar-refractivity contribution < 1.29 is 28.9 Å². The molecule has 6 nitrogen and oxygen atoms in total. The van der Waals surface area contributed by atoms with Gasteiger partial charge in [0, 0.05) is 11.6 Å². The van der Waals surface area contributed by atoms with Crippen LogP contribution in [0.2, 0.25) is 0 Å². The number of phenols is 1. The predicted molar refractivity (Wildman–Crippen MR) is 74.4 cm³/mol. The van der Waals surface area contributed by atoms with E-state index < -0.39 is 5.97 Å². The van der Waals surface area contributed by atoms with Gasteiger partial charge >= 0.3 is 5.97 Å². The van der Waals surface area contributed by atoms with Crippen LogP contribution < -0.4 is 4.74 Å². The van der Waals surface area contributed by atoms with Gasteiger partial charge < -0.3 is 24.1 Å². The second kappa shape index (κ2) is 5.88. The minimum atomic E-state index is -0.666. The second-order valence-corrected chi connectivity index (χ2v) is 4.45. The van der Waals surface area contributed by atoms with Crippen molar-refractivity contribution in [3.63, 3.8) is 0 Å². The molecule has 0 spiro atoms. The van der Waals surface area contributed by atoms with Crippen LogP contribution in [0.25, 0.3) is 11.3 Å². The number of aliphatic hydroxyl groups is 1. The van der Waals surface area contributed by atoms with E-state index in [2.05, 4.69) is 4.74 Å². The van der Waals surface area contributed by atoms with Crippen LogP contribution >= 0.6 is 0 Å². The Balaban J connectivity index is 2.62. The van der Waals surface area contributed by atoms with Crippen LogP contribution in [0.1, 0.15) is 21.7 Å². The van der Waals surface area contributed by atoms with Crippen molar-refractivity contribution in [1.29, 1.82) is 0 Å². The van der Waals surface area contributed by atoms with Gasteiger partial charge in [-0.3, -0.25) is 0 Å². The first-order valence-corrected chi connectivity index (χ1v) is 6.21. The highest BCUT2D eigenvalue weighted by atomic mass is 16.5. The van der Waals surface area contributed by atoms with Gasteiger partial charge in [-0.1, -0.05) is 0 Å². The standard InChI is InChI=1S/C15H16O6/c1-8-4-10(17)6-11(19-2)13(8)12-5-9(7-16)14(21-12)15(18)20-3/h4-6,16-17H,7H2,1-3H3. The summed E-state index contributed by atoms with van der Waals surface area (Å²) in [6, 6.07) is 4.55. The van der Waals surface area contributed by atoms with E-state index in [-0.39, 0.29) is 18.1 Å². The van der Waals surface area contributed by atoms with E-state index in [1.807, 2.05) is 0 Å². The van der Waals surface area contributed by atoms with Crippen LogP contribution in [-0.2, 0) is 11.3 Å². The van der Waals surface area contributed by atoms with Gasteiger partial charge in [0.15, 0.2) is 0 Å². The number of rotatable bonds is 4. The van der Waals surface area contributed by atoms with Crippen molar-refractivity contribution >= 4 is 5.97 Å². The molecular formula is C15H16O6. The number of furan rings is 1. The van der Waals surface area contributed by atoms with E-state index in [1.54, 1.807) is 19.1 Å². The lowest BCUT2D eigenvalue weighted by atomic mass is 10.0. The highest BCUT2D eigenvalue weighted by Gasteiger charge is 2.22. The van der Waals surface area contributed by atoms with Crippen LogP contribution in [0.5, 0.6) is 11.5 Å². The van der Waals surface area contributed by atoms with Gasteiger partial charge in [-0.2, -0.15) is 0 Å². The smallest absolute Gasteiger partial charge is 0.374 e. The molecule has 1 aromatic carbocycles. The number of carbonyl (C=O) groups is 1. The third-order valence-corrected chi connectivity index (χ3v) is 3.10. The van der Waals surface area contributed by atoms with Crippen molar-refractivity contribution in [2.75, 3.05) is 14.2 Å². The SMILES string of the molecule is COC(=O)c1oc(-c2c(C)cc(O)cc2OC)cc1CO. The Morgan fingerprint density at radius 2 is 2.00 bits per heavy atom. The summed E-state index contributed by atoms with van der Waals surface area (Å²) in [4.78, 5) is 11.6. The molecule has 21 heavy (non-hydrogen) atoms. The molecule has 0 bridgehead atoms. The van der Waals surface area contributed by atoms with E-state index in [0.29, 0.717) is 28.2 Å². The summed E-state index contributed by atoms with van der Waals surface area (Å²) in [6.07, 6.45) is 0. The van der Waals surface area contributed by atoms with Crippen molar-refractivity contribution in [1.82, 2.24) is 0 Å². The zero-order valence-corrected chi connectivity index (χ0v) is 12.0. The predicted octanol–water partition coefficient (Wildman–Crippen LogP) is 2.25. The van der Waals surface area contributed by atoms with Crippen molar-refractivity contribution in [3.8, 4) is 22.8 Å². The number of aromatic hydroxyl groups is 1. The van der Waals surface area contributed by atoms with Gasteiger partial charge in [0.05, 0.1) is 26.4 Å². The van der Waals surface area contributed by atoms with Crippen LogP contribution in [0.15, 0.2) is 22.6 Å². The number of methoxy groups -OCH3 is 2. The van der Waals surface area contributed by atoms with Gasteiger partial charge in [0.1, 0.15) is 17.3 Å². The second-order valence-electron chi connectivity index (χ2n) is 4.45. The van der Waals surface area contributed by atoms with Gasteiger partial charge in [0.2, 0.25) is 5.76 Å². The van der Waals surface area contributed by atoms with Gasteiger partial charge in [-0.05, 0) is 24.6 Å². The molecule has 0 atom stereocenters. The highest BCUT2D eigenvalue weighted by molar-refractivity contribution is 5.89. The number of hydrogen-bond donors (Lipinski definition) is 2. The van der Waals surface area contributed by atoms with E-state index in [4.69, 9.17) is 9.15 Å². The lowest BCUT2D eigenvalue weighted by Crippen LogP contribution is -2.02. The molecule has 1 heterocycles. The maximum Gasteiger partial charge on any atom is 0.374 e. The molecule has 6 heteroatoms. The third-order valence-electron chi connectivity index (χ3n) is 3.10. The number of benzene rings is 1. The Bertz CT molecular complexity index is 671. The van der Waals surface area contributed by atoms with E-state index in [9.17, 15) is 15.0 Å². The Morgan fingerprint density at radius 3 is 2.57 bits per heavy atom. The molecule has 0 fully saturated rings. The van der Waals surface area contributed by atoms with Crippen LogP contribution in [0.4, 0.5) is 0 Å². The van der Waals surface area contributed by atoms with Crippen molar-refractivity contribution in [2.45, 2.75) is 13.5 Å². The Labute approximate surface area is 121 Å². The molecule has 0 aliphatic rings. The molecule has 2 rings (SSSR count). The largest absolute Gasteiger partial charge is 0.508 e. The molecule has 0 saturated heterocycles. The maximum absolute atomic E-state index is 11.6. The summed E-state index contributed by atoms with van der Waals surface area (Å²) >= 11 is 0. The van der Waals surface area contributed by atoms with E-state index in [1.165, 1.54) is 20.3 Å². The molecule has 112 valence electrons. The first-order valence-electron chi connectivity index (χ1n) is 6.21. The fourth-order valence-electron chi connectivity index (χ4n) is 2.15. The fraction of sp³-hybridized carbons (Fsp3) is 0.267. The number of carbonyl (C=O) groups excluding carboxylic acids is 1. The van der Waals surface area contributed by atoms with Gasteiger partial charge in [-0.25, -0.2) is 4.79 Å². The Hall–Kier alpha value is -2.47. The zero-order chi connectivity index (χ0) is 15.6. The summed E-state index contributed by atoms with van der Waals surface area (Å²) < 4.78 is 15.4. The molecule has 1 aromatic heterocycles. The Morgan fingerprint density at radius 1 is 1.29 bits per heavy atom. The number of aliphatic hydroxyl groups excluding tert-OH is 1. The number of esters is 1. The number of aryl methyl sites for hydroxylation is 1. The first-order chi connectivity index (χ1) is 10.0. The molecule has 2 aromatic rings. The number of ether oxygens (including phenoxy) is 2. The van der Waals surface area contributed by atoms with Gasteiger partial charge in [0.25, 0.3) is 0 Å². The quantitative estimate of drug-likeness (QED) is 0.840. The maximum atomic E-state index is 11.6. The molecule has 0 aliphatic carbocycles. The third kappa shape index (κ3) is 2.71.